The number of unbranched alkanes of at least 4 members (excludes halogenated alkanes) is 25. The summed E-state index contributed by atoms with van der Waals surface area (Å²) in [4.78, 5) is 22.6. The number of phosphoric ester groups is 1. The lowest BCUT2D eigenvalue weighted by Crippen LogP contribution is -2.52. The molecule has 0 aliphatic heterocycles. The van der Waals surface area contributed by atoms with Crippen LogP contribution in [0.1, 0.15) is 194 Å². The zero-order chi connectivity index (χ0) is 34.7. The number of quaternary nitrogens is 1. The van der Waals surface area contributed by atoms with Crippen LogP contribution in [0.15, 0.2) is 12.2 Å². The van der Waals surface area contributed by atoms with Crippen molar-refractivity contribution < 1.29 is 34.1 Å². The summed E-state index contributed by atoms with van der Waals surface area (Å²) in [7, 11) is -4.29. The van der Waals surface area contributed by atoms with Crippen LogP contribution < -0.4 is 11.1 Å². The predicted octanol–water partition coefficient (Wildman–Crippen LogP) is 9.73. The number of nitrogens with one attached hydrogen (secondary N) is 1. The molecule has 47 heavy (non-hydrogen) atoms. The maximum absolute atomic E-state index is 12.7. The highest BCUT2D eigenvalue weighted by atomic mass is 31.2. The number of amides is 1. The van der Waals surface area contributed by atoms with E-state index in [1.54, 1.807) is 6.08 Å². The fourth-order valence-corrected chi connectivity index (χ4v) is 6.63. The number of carbonyl (C=O) groups excluding carboxylic acids is 1. The van der Waals surface area contributed by atoms with Crippen molar-refractivity contribution >= 4 is 13.7 Å². The third kappa shape index (κ3) is 33.5. The summed E-state index contributed by atoms with van der Waals surface area (Å²) in [6, 6.07) is -0.837. The Morgan fingerprint density at radius 1 is 0.681 bits per heavy atom. The summed E-state index contributed by atoms with van der Waals surface area (Å²) in [5.41, 5.74) is 3.60. The molecule has 0 aliphatic carbocycles. The SMILES string of the molecule is CCCCCCCCCCCCCC=CC(O)C(COP(=O)(O)OCC[NH3+])NC(=O)CCCCCCCCCCCCCCCCC. The molecule has 0 spiro atoms. The molecule has 3 unspecified atom stereocenters. The number of rotatable bonds is 37. The molecule has 0 rings (SSSR count). The van der Waals surface area contributed by atoms with Crippen LogP contribution in [-0.4, -0.2) is 47.8 Å². The fraction of sp³-hybridized carbons (Fsp3) is 0.921. The summed E-state index contributed by atoms with van der Waals surface area (Å²) in [6.07, 6.45) is 36.9. The highest BCUT2D eigenvalue weighted by molar-refractivity contribution is 7.47. The summed E-state index contributed by atoms with van der Waals surface area (Å²) in [5, 5.41) is 13.6. The Bertz CT molecular complexity index is 754. The van der Waals surface area contributed by atoms with Gasteiger partial charge < -0.3 is 21.1 Å². The monoisotopic (exact) mass is 690 g/mol. The first-order chi connectivity index (χ1) is 22.9. The van der Waals surface area contributed by atoms with Gasteiger partial charge in [0.05, 0.1) is 25.3 Å². The quantitative estimate of drug-likeness (QED) is 0.0292. The smallest absolute Gasteiger partial charge is 0.387 e. The van der Waals surface area contributed by atoms with Crippen molar-refractivity contribution in [1.29, 1.82) is 0 Å². The van der Waals surface area contributed by atoms with Crippen molar-refractivity contribution in [3.8, 4) is 0 Å². The number of hydrogen-bond donors (Lipinski definition) is 4. The van der Waals surface area contributed by atoms with Crippen molar-refractivity contribution in [2.24, 2.45) is 0 Å². The minimum absolute atomic E-state index is 0.00852. The van der Waals surface area contributed by atoms with Crippen molar-refractivity contribution in [2.75, 3.05) is 19.8 Å². The summed E-state index contributed by atoms with van der Waals surface area (Å²) in [5.74, 6) is -0.183. The average molecular weight is 690 g/mol. The minimum atomic E-state index is -4.29. The average Bonchev–Trinajstić information content (AvgIpc) is 3.05. The van der Waals surface area contributed by atoms with Gasteiger partial charge in [-0.05, 0) is 19.3 Å². The van der Waals surface area contributed by atoms with Gasteiger partial charge in [-0.25, -0.2) is 4.57 Å². The van der Waals surface area contributed by atoms with Crippen molar-refractivity contribution in [2.45, 2.75) is 206 Å². The topological polar surface area (TPSA) is 133 Å². The van der Waals surface area contributed by atoms with E-state index in [-0.39, 0.29) is 19.1 Å². The maximum Gasteiger partial charge on any atom is 0.472 e. The molecule has 280 valence electrons. The predicted molar refractivity (Wildman–Crippen MR) is 197 cm³/mol. The molecule has 0 radical (unpaired) electrons. The van der Waals surface area contributed by atoms with Gasteiger partial charge in [0.25, 0.3) is 0 Å². The van der Waals surface area contributed by atoms with Crippen LogP contribution in [-0.2, 0) is 18.4 Å². The van der Waals surface area contributed by atoms with E-state index in [1.807, 2.05) is 6.08 Å². The van der Waals surface area contributed by atoms with Crippen molar-refractivity contribution in [1.82, 2.24) is 5.32 Å². The Morgan fingerprint density at radius 2 is 1.09 bits per heavy atom. The zero-order valence-corrected chi connectivity index (χ0v) is 31.8. The van der Waals surface area contributed by atoms with Gasteiger partial charge in [-0.3, -0.25) is 13.8 Å². The minimum Gasteiger partial charge on any atom is -0.387 e. The van der Waals surface area contributed by atoms with Crippen molar-refractivity contribution in [3.63, 3.8) is 0 Å². The van der Waals surface area contributed by atoms with E-state index in [9.17, 15) is 19.4 Å². The molecule has 0 aromatic carbocycles. The normalized spacial score (nSPS) is 14.4. The lowest BCUT2D eigenvalue weighted by atomic mass is 10.0. The van der Waals surface area contributed by atoms with Crippen LogP contribution in [0.5, 0.6) is 0 Å². The Labute approximate surface area is 290 Å². The zero-order valence-electron chi connectivity index (χ0n) is 30.9. The molecule has 3 atom stereocenters. The van der Waals surface area contributed by atoms with Crippen LogP contribution in [0.25, 0.3) is 0 Å². The second-order valence-corrected chi connectivity index (χ2v) is 15.0. The molecule has 0 saturated heterocycles. The highest BCUT2D eigenvalue weighted by Crippen LogP contribution is 2.43. The number of aliphatic hydroxyl groups excluding tert-OH is 1. The van der Waals surface area contributed by atoms with Crippen LogP contribution in [0.2, 0.25) is 0 Å². The van der Waals surface area contributed by atoms with Gasteiger partial charge in [0.15, 0.2) is 0 Å². The Hall–Kier alpha value is -0.760. The molecule has 0 bridgehead atoms. The molecule has 1 amide bonds. The lowest BCUT2D eigenvalue weighted by Gasteiger charge is -2.23. The molecule has 0 fully saturated rings. The number of aliphatic hydroxyl groups is 1. The van der Waals surface area contributed by atoms with E-state index in [1.165, 1.54) is 135 Å². The van der Waals surface area contributed by atoms with Gasteiger partial charge in [-0.15, -0.1) is 0 Å². The number of carbonyl (C=O) groups is 1. The van der Waals surface area contributed by atoms with Crippen molar-refractivity contribution in [3.05, 3.63) is 12.2 Å². The van der Waals surface area contributed by atoms with Gasteiger partial charge in [0.2, 0.25) is 5.91 Å². The first kappa shape index (κ1) is 46.2. The van der Waals surface area contributed by atoms with E-state index in [2.05, 4.69) is 24.9 Å². The first-order valence-electron chi connectivity index (χ1n) is 19.9. The van der Waals surface area contributed by atoms with Gasteiger partial charge in [0.1, 0.15) is 6.61 Å². The number of phosphoric acid groups is 1. The third-order valence-electron chi connectivity index (χ3n) is 8.89. The van der Waals surface area contributed by atoms with E-state index >= 15 is 0 Å². The van der Waals surface area contributed by atoms with Crippen LogP contribution in [0.3, 0.4) is 0 Å². The molecule has 6 N–H and O–H groups in total. The maximum atomic E-state index is 12.7. The third-order valence-corrected chi connectivity index (χ3v) is 9.87. The van der Waals surface area contributed by atoms with E-state index in [4.69, 9.17) is 9.05 Å². The fourth-order valence-electron chi connectivity index (χ4n) is 5.85. The van der Waals surface area contributed by atoms with E-state index < -0.39 is 20.0 Å². The largest absolute Gasteiger partial charge is 0.472 e. The molecule has 9 heteroatoms. The van der Waals surface area contributed by atoms with Gasteiger partial charge in [-0.2, -0.15) is 0 Å². The van der Waals surface area contributed by atoms with E-state index in [0.717, 1.165) is 38.5 Å². The first-order valence-corrected chi connectivity index (χ1v) is 21.4. The molecule has 0 heterocycles. The van der Waals surface area contributed by atoms with Gasteiger partial charge in [-0.1, -0.05) is 180 Å². The molecular formula is C38H78N2O6P+. The molecule has 0 aliphatic rings. The number of allylic oxidation sites excluding steroid dienone is 1. The second kappa shape index (κ2) is 35.1. The van der Waals surface area contributed by atoms with Gasteiger partial charge >= 0.3 is 7.82 Å². The Morgan fingerprint density at radius 3 is 1.51 bits per heavy atom. The molecule has 8 nitrogen and oxygen atoms in total. The standard InChI is InChI=1S/C38H77N2O6P/c1-3-5-7-9-11-13-15-17-18-20-22-24-26-28-30-32-38(42)40-36(35-46-47(43,44)45-34-33-39)37(41)31-29-27-25-23-21-19-16-14-12-10-8-6-4-2/h29,31,36-37,41H,3-28,30,32-35,39H2,1-2H3,(H,40,42)(H,43,44)/p+1. The van der Waals surface area contributed by atoms with E-state index in [0.29, 0.717) is 13.0 Å². The summed E-state index contributed by atoms with van der Waals surface area (Å²) < 4.78 is 22.2. The van der Waals surface area contributed by atoms with Gasteiger partial charge in [0, 0.05) is 6.42 Å². The molecule has 0 aromatic rings. The highest BCUT2D eigenvalue weighted by Gasteiger charge is 2.27. The summed E-state index contributed by atoms with van der Waals surface area (Å²) >= 11 is 0. The Kier molecular flexibility index (Phi) is 34.5. The molecule has 0 aromatic heterocycles. The summed E-state index contributed by atoms with van der Waals surface area (Å²) in [6.45, 7) is 4.52. The molecule has 0 saturated carbocycles. The van der Waals surface area contributed by atoms with Crippen LogP contribution in [0.4, 0.5) is 0 Å². The number of hydrogen-bond acceptors (Lipinski definition) is 5. The van der Waals surface area contributed by atoms with Crippen LogP contribution >= 0.6 is 7.82 Å². The lowest BCUT2D eigenvalue weighted by molar-refractivity contribution is -0.371. The molecular weight excluding hydrogens is 611 g/mol. The second-order valence-electron chi connectivity index (χ2n) is 13.6. The Balaban J connectivity index is 4.26. The van der Waals surface area contributed by atoms with Crippen LogP contribution in [0, 0.1) is 0 Å².